The highest BCUT2D eigenvalue weighted by Gasteiger charge is 2.14. The summed E-state index contributed by atoms with van der Waals surface area (Å²) >= 11 is 0. The molecule has 0 spiro atoms. The van der Waals surface area contributed by atoms with E-state index in [0.29, 0.717) is 17.1 Å². The van der Waals surface area contributed by atoms with Crippen molar-refractivity contribution in [3.05, 3.63) is 41.4 Å². The minimum Gasteiger partial charge on any atom is -0.360 e. The van der Waals surface area contributed by atoms with Crippen molar-refractivity contribution >= 4 is 17.6 Å². The van der Waals surface area contributed by atoms with Crippen LogP contribution in [0.1, 0.15) is 46.9 Å². The van der Waals surface area contributed by atoms with E-state index in [1.165, 1.54) is 18.3 Å². The van der Waals surface area contributed by atoms with E-state index in [0.717, 1.165) is 6.42 Å². The highest BCUT2D eigenvalue weighted by molar-refractivity contribution is 6.05. The van der Waals surface area contributed by atoms with Crippen molar-refractivity contribution in [3.63, 3.8) is 0 Å². The average Bonchev–Trinajstić information content (AvgIpc) is 2.92. The minimum absolute atomic E-state index is 0.0462. The summed E-state index contributed by atoms with van der Waals surface area (Å²) in [4.78, 5) is 28.1. The smallest absolute Gasteiger partial charge is 0.270 e. The number of hydrogen-bond donors (Lipinski definition) is 2. The van der Waals surface area contributed by atoms with Crippen LogP contribution in [0.25, 0.3) is 0 Å². The molecule has 116 valence electrons. The number of hydrogen-bond acceptors (Lipinski definition) is 5. The maximum absolute atomic E-state index is 12.1. The summed E-state index contributed by atoms with van der Waals surface area (Å²) in [5.74, 6) is 0.234. The molecular formula is C15H18N4O3. The molecule has 0 aliphatic heterocycles. The van der Waals surface area contributed by atoms with Gasteiger partial charge < -0.3 is 15.2 Å². The van der Waals surface area contributed by atoms with Crippen molar-refractivity contribution in [3.8, 4) is 0 Å². The fourth-order valence-electron chi connectivity index (χ4n) is 1.71. The third-order valence-electron chi connectivity index (χ3n) is 3.11. The number of carbonyl (C=O) groups excluding carboxylic acids is 2. The van der Waals surface area contributed by atoms with Gasteiger partial charge in [0.15, 0.2) is 5.82 Å². The topological polar surface area (TPSA) is 97.1 Å². The zero-order chi connectivity index (χ0) is 16.1. The van der Waals surface area contributed by atoms with E-state index in [-0.39, 0.29) is 23.6 Å². The standard InChI is InChI=1S/C15H18N4O3/c1-4-9(2)17-15(21)12-8-11(5-6-16-12)14(20)18-13-7-10(3)22-19-13/h5-9H,4H2,1-3H3,(H,17,21)(H,18,19,20). The van der Waals surface area contributed by atoms with E-state index in [1.54, 1.807) is 13.0 Å². The van der Waals surface area contributed by atoms with Gasteiger partial charge in [0.25, 0.3) is 11.8 Å². The molecule has 2 amide bonds. The molecule has 0 saturated heterocycles. The lowest BCUT2D eigenvalue weighted by Crippen LogP contribution is -2.32. The molecule has 0 fully saturated rings. The van der Waals surface area contributed by atoms with Gasteiger partial charge in [-0.25, -0.2) is 0 Å². The SMILES string of the molecule is CCC(C)NC(=O)c1cc(C(=O)Nc2cc(C)on2)ccn1. The summed E-state index contributed by atoms with van der Waals surface area (Å²) in [6.45, 7) is 5.61. The Balaban J connectivity index is 2.10. The van der Waals surface area contributed by atoms with E-state index in [2.05, 4.69) is 20.8 Å². The zero-order valence-electron chi connectivity index (χ0n) is 12.7. The molecule has 7 heteroatoms. The fourth-order valence-corrected chi connectivity index (χ4v) is 1.71. The molecular weight excluding hydrogens is 284 g/mol. The van der Waals surface area contributed by atoms with Crippen LogP contribution in [0.2, 0.25) is 0 Å². The fraction of sp³-hybridized carbons (Fsp3) is 0.333. The van der Waals surface area contributed by atoms with Gasteiger partial charge in [0.2, 0.25) is 0 Å². The number of aryl methyl sites for hydroxylation is 1. The van der Waals surface area contributed by atoms with Crippen LogP contribution in [0.4, 0.5) is 5.82 Å². The van der Waals surface area contributed by atoms with E-state index < -0.39 is 0 Å². The Kier molecular flexibility index (Phi) is 4.88. The molecule has 2 aromatic rings. The summed E-state index contributed by atoms with van der Waals surface area (Å²) < 4.78 is 4.88. The normalized spacial score (nSPS) is 11.8. The van der Waals surface area contributed by atoms with Gasteiger partial charge in [0, 0.05) is 23.9 Å². The van der Waals surface area contributed by atoms with Gasteiger partial charge in [-0.15, -0.1) is 0 Å². The summed E-state index contributed by atoms with van der Waals surface area (Å²) in [6, 6.07) is 4.63. The second-order valence-electron chi connectivity index (χ2n) is 4.99. The molecule has 22 heavy (non-hydrogen) atoms. The first-order chi connectivity index (χ1) is 10.5. The average molecular weight is 302 g/mol. The maximum atomic E-state index is 12.1. The summed E-state index contributed by atoms with van der Waals surface area (Å²) in [5, 5.41) is 9.09. The van der Waals surface area contributed by atoms with Crippen molar-refractivity contribution in [1.29, 1.82) is 0 Å². The molecule has 0 aliphatic rings. The van der Waals surface area contributed by atoms with E-state index in [4.69, 9.17) is 4.52 Å². The largest absolute Gasteiger partial charge is 0.360 e. The van der Waals surface area contributed by atoms with Gasteiger partial charge in [-0.05, 0) is 32.4 Å². The Morgan fingerprint density at radius 3 is 2.73 bits per heavy atom. The first-order valence-corrected chi connectivity index (χ1v) is 7.01. The second kappa shape index (κ2) is 6.84. The molecule has 0 radical (unpaired) electrons. The monoisotopic (exact) mass is 302 g/mol. The summed E-state index contributed by atoms with van der Waals surface area (Å²) in [6.07, 6.45) is 2.24. The number of anilines is 1. The Morgan fingerprint density at radius 1 is 1.32 bits per heavy atom. The highest BCUT2D eigenvalue weighted by atomic mass is 16.5. The number of amides is 2. The van der Waals surface area contributed by atoms with Crippen molar-refractivity contribution < 1.29 is 14.1 Å². The Hall–Kier alpha value is -2.70. The van der Waals surface area contributed by atoms with Gasteiger partial charge in [-0.3, -0.25) is 14.6 Å². The number of aromatic nitrogens is 2. The third-order valence-corrected chi connectivity index (χ3v) is 3.11. The molecule has 0 aromatic carbocycles. The van der Waals surface area contributed by atoms with Gasteiger partial charge in [-0.1, -0.05) is 12.1 Å². The number of nitrogens with zero attached hydrogens (tertiary/aromatic N) is 2. The predicted molar refractivity (Wildman–Crippen MR) is 80.6 cm³/mol. The van der Waals surface area contributed by atoms with E-state index >= 15 is 0 Å². The molecule has 1 unspecified atom stereocenters. The lowest BCUT2D eigenvalue weighted by molar-refractivity contribution is 0.0934. The quantitative estimate of drug-likeness (QED) is 0.882. The lowest BCUT2D eigenvalue weighted by Gasteiger charge is -2.11. The number of nitrogens with one attached hydrogen (secondary N) is 2. The van der Waals surface area contributed by atoms with E-state index in [1.807, 2.05) is 13.8 Å². The Morgan fingerprint density at radius 2 is 2.09 bits per heavy atom. The molecule has 2 aromatic heterocycles. The highest BCUT2D eigenvalue weighted by Crippen LogP contribution is 2.10. The van der Waals surface area contributed by atoms with Crippen molar-refractivity contribution in [2.24, 2.45) is 0 Å². The predicted octanol–water partition coefficient (Wildman–Crippen LogP) is 2.16. The molecule has 1 atom stereocenters. The van der Waals surface area contributed by atoms with Crippen molar-refractivity contribution in [1.82, 2.24) is 15.5 Å². The molecule has 2 N–H and O–H groups in total. The molecule has 0 bridgehead atoms. The Labute approximate surface area is 128 Å². The van der Waals surface area contributed by atoms with E-state index in [9.17, 15) is 9.59 Å². The van der Waals surface area contributed by atoms with Gasteiger partial charge >= 0.3 is 0 Å². The van der Waals surface area contributed by atoms with Crippen LogP contribution in [0.15, 0.2) is 28.9 Å². The van der Waals surface area contributed by atoms with Crippen LogP contribution in [-0.4, -0.2) is 28.0 Å². The van der Waals surface area contributed by atoms with Crippen LogP contribution in [-0.2, 0) is 0 Å². The van der Waals surface area contributed by atoms with Gasteiger partial charge in [-0.2, -0.15) is 0 Å². The lowest BCUT2D eigenvalue weighted by atomic mass is 10.2. The van der Waals surface area contributed by atoms with Crippen LogP contribution < -0.4 is 10.6 Å². The number of pyridine rings is 1. The summed E-state index contributed by atoms with van der Waals surface area (Å²) in [7, 11) is 0. The molecule has 2 heterocycles. The first kappa shape index (κ1) is 15.7. The number of carbonyl (C=O) groups is 2. The third kappa shape index (κ3) is 3.91. The number of rotatable bonds is 5. The Bertz CT molecular complexity index is 681. The van der Waals surface area contributed by atoms with Crippen LogP contribution in [0, 0.1) is 6.92 Å². The molecule has 0 aliphatic carbocycles. The molecule has 2 rings (SSSR count). The zero-order valence-corrected chi connectivity index (χ0v) is 12.7. The van der Waals surface area contributed by atoms with Gasteiger partial charge in [0.05, 0.1) is 0 Å². The molecule has 0 saturated carbocycles. The minimum atomic E-state index is -0.381. The maximum Gasteiger partial charge on any atom is 0.270 e. The van der Waals surface area contributed by atoms with Crippen LogP contribution >= 0.6 is 0 Å². The van der Waals surface area contributed by atoms with Crippen molar-refractivity contribution in [2.45, 2.75) is 33.2 Å². The first-order valence-electron chi connectivity index (χ1n) is 7.01. The van der Waals surface area contributed by atoms with Crippen molar-refractivity contribution in [2.75, 3.05) is 5.32 Å². The van der Waals surface area contributed by atoms with Gasteiger partial charge in [0.1, 0.15) is 11.5 Å². The van der Waals surface area contributed by atoms with Crippen LogP contribution in [0.5, 0.6) is 0 Å². The molecule has 7 nitrogen and oxygen atoms in total. The second-order valence-corrected chi connectivity index (χ2v) is 4.99. The summed E-state index contributed by atoms with van der Waals surface area (Å²) in [5.41, 5.74) is 0.522. The van der Waals surface area contributed by atoms with Crippen LogP contribution in [0.3, 0.4) is 0 Å².